The molecule has 0 aliphatic rings. The number of nitrogens with one attached hydrogen (secondary N) is 1. The number of esters is 1. The van der Waals surface area contributed by atoms with Crippen molar-refractivity contribution >= 4 is 5.97 Å². The first kappa shape index (κ1) is 10.8. The number of carbonyl (C=O) groups is 1. The summed E-state index contributed by atoms with van der Waals surface area (Å²) in [7, 11) is 2.07. The average Bonchev–Trinajstić information content (AvgIpc) is 1.97. The van der Waals surface area contributed by atoms with E-state index < -0.39 is 17.8 Å². The molecule has 0 aromatic rings. The fourth-order valence-corrected chi connectivity index (χ4v) is 0.473. The molecule has 0 aromatic heterocycles. The van der Waals surface area contributed by atoms with Crippen molar-refractivity contribution in [1.29, 1.82) is 0 Å². The first-order valence-electron chi connectivity index (χ1n) is 2.96. The van der Waals surface area contributed by atoms with Gasteiger partial charge < -0.3 is 10.1 Å². The summed E-state index contributed by atoms with van der Waals surface area (Å²) in [5.41, 5.74) is -1.13. The van der Waals surface area contributed by atoms with Gasteiger partial charge in [-0.15, -0.1) is 0 Å². The number of rotatable bonds is 2. The van der Waals surface area contributed by atoms with Crippen LogP contribution in [0.2, 0.25) is 0 Å². The van der Waals surface area contributed by atoms with Gasteiger partial charge in [0.25, 0.3) is 0 Å². The Labute approximate surface area is 67.2 Å². The SMILES string of the molecule is CN/C(=C\C(=O)OC)C(F)(F)F. The van der Waals surface area contributed by atoms with E-state index in [4.69, 9.17) is 0 Å². The Balaban J connectivity index is 4.55. The maximum absolute atomic E-state index is 11.9. The number of alkyl halides is 3. The predicted octanol–water partition coefficient (Wildman–Crippen LogP) is 0.825. The van der Waals surface area contributed by atoms with Crippen molar-refractivity contribution in [1.82, 2.24) is 5.32 Å². The zero-order chi connectivity index (χ0) is 9.78. The quantitative estimate of drug-likeness (QED) is 0.509. The highest BCUT2D eigenvalue weighted by Gasteiger charge is 2.33. The van der Waals surface area contributed by atoms with Gasteiger partial charge in [-0.05, 0) is 0 Å². The monoisotopic (exact) mass is 183 g/mol. The molecule has 0 radical (unpaired) electrons. The number of hydrogen-bond acceptors (Lipinski definition) is 3. The third-order valence-electron chi connectivity index (χ3n) is 1.04. The molecule has 70 valence electrons. The first-order valence-corrected chi connectivity index (χ1v) is 2.96. The zero-order valence-corrected chi connectivity index (χ0v) is 6.53. The van der Waals surface area contributed by atoms with E-state index in [1.54, 1.807) is 0 Å². The Morgan fingerprint density at radius 2 is 2.00 bits per heavy atom. The molecular weight excluding hydrogens is 175 g/mol. The molecule has 0 amide bonds. The average molecular weight is 183 g/mol. The molecule has 0 fully saturated rings. The number of hydrogen-bond donors (Lipinski definition) is 1. The predicted molar refractivity (Wildman–Crippen MR) is 35.2 cm³/mol. The van der Waals surface area contributed by atoms with Crippen molar-refractivity contribution in [3.63, 3.8) is 0 Å². The second-order valence-electron chi connectivity index (χ2n) is 1.83. The highest BCUT2D eigenvalue weighted by molar-refractivity contribution is 5.82. The number of ether oxygens (including phenoxy) is 1. The molecule has 0 saturated carbocycles. The van der Waals surface area contributed by atoms with E-state index in [1.165, 1.54) is 0 Å². The summed E-state index contributed by atoms with van der Waals surface area (Å²) in [6, 6.07) is 0. The van der Waals surface area contributed by atoms with Crippen molar-refractivity contribution in [2.24, 2.45) is 0 Å². The van der Waals surface area contributed by atoms with Crippen LogP contribution in [0.1, 0.15) is 0 Å². The minimum atomic E-state index is -4.55. The van der Waals surface area contributed by atoms with Gasteiger partial charge in [0.15, 0.2) is 0 Å². The van der Waals surface area contributed by atoms with E-state index in [9.17, 15) is 18.0 Å². The Bertz CT molecular complexity index is 197. The topological polar surface area (TPSA) is 38.3 Å². The summed E-state index contributed by atoms with van der Waals surface area (Å²) in [5.74, 6) is -1.04. The summed E-state index contributed by atoms with van der Waals surface area (Å²) in [4.78, 5) is 10.4. The summed E-state index contributed by atoms with van der Waals surface area (Å²) in [6.07, 6.45) is -4.21. The molecule has 0 aliphatic heterocycles. The van der Waals surface area contributed by atoms with Crippen LogP contribution in [0.25, 0.3) is 0 Å². The fraction of sp³-hybridized carbons (Fsp3) is 0.500. The number of carbonyl (C=O) groups excluding carboxylic acids is 1. The normalized spacial score (nSPS) is 12.6. The lowest BCUT2D eigenvalue weighted by Gasteiger charge is -2.09. The van der Waals surface area contributed by atoms with Crippen LogP contribution in [0.4, 0.5) is 13.2 Å². The molecule has 0 aliphatic carbocycles. The summed E-state index contributed by atoms with van der Waals surface area (Å²) >= 11 is 0. The van der Waals surface area contributed by atoms with Crippen molar-refractivity contribution < 1.29 is 22.7 Å². The molecule has 1 N–H and O–H groups in total. The molecule has 0 unspecified atom stereocenters. The van der Waals surface area contributed by atoms with Gasteiger partial charge in [-0.3, -0.25) is 0 Å². The van der Waals surface area contributed by atoms with Crippen LogP contribution in [-0.2, 0) is 9.53 Å². The van der Waals surface area contributed by atoms with E-state index >= 15 is 0 Å². The molecule has 0 saturated heterocycles. The van der Waals surface area contributed by atoms with Gasteiger partial charge in [-0.25, -0.2) is 4.79 Å². The largest absolute Gasteiger partial charge is 0.466 e. The number of methoxy groups -OCH3 is 1. The smallest absolute Gasteiger partial charge is 0.431 e. The second-order valence-corrected chi connectivity index (χ2v) is 1.83. The molecule has 6 heteroatoms. The lowest BCUT2D eigenvalue weighted by atomic mass is 10.4. The van der Waals surface area contributed by atoms with Gasteiger partial charge in [0.1, 0.15) is 5.70 Å². The van der Waals surface area contributed by atoms with E-state index in [0.717, 1.165) is 14.2 Å². The Morgan fingerprint density at radius 1 is 1.50 bits per heavy atom. The maximum Gasteiger partial charge on any atom is 0.431 e. The van der Waals surface area contributed by atoms with Gasteiger partial charge in [0, 0.05) is 7.05 Å². The highest BCUT2D eigenvalue weighted by atomic mass is 19.4. The van der Waals surface area contributed by atoms with Crippen molar-refractivity contribution in [3.8, 4) is 0 Å². The number of halogens is 3. The minimum Gasteiger partial charge on any atom is -0.466 e. The van der Waals surface area contributed by atoms with Gasteiger partial charge in [-0.1, -0.05) is 0 Å². The standard InChI is InChI=1S/C6H8F3NO2/c1-10-4(6(7,8)9)3-5(11)12-2/h3,10H,1-2H3/b4-3-. The minimum absolute atomic E-state index is 0.347. The summed E-state index contributed by atoms with van der Waals surface area (Å²) < 4.78 is 39.7. The van der Waals surface area contributed by atoms with Crippen LogP contribution < -0.4 is 5.32 Å². The molecule has 0 bridgehead atoms. The Hall–Kier alpha value is -1.20. The van der Waals surface area contributed by atoms with Gasteiger partial charge >= 0.3 is 12.1 Å². The van der Waals surface area contributed by atoms with Crippen LogP contribution in [0, 0.1) is 0 Å². The molecule has 3 nitrogen and oxygen atoms in total. The fourth-order valence-electron chi connectivity index (χ4n) is 0.473. The summed E-state index contributed by atoms with van der Waals surface area (Å²) in [5, 5.41) is 1.84. The third-order valence-corrected chi connectivity index (χ3v) is 1.04. The van der Waals surface area contributed by atoms with E-state index in [1.807, 2.05) is 5.32 Å². The summed E-state index contributed by atoms with van der Waals surface area (Å²) in [6.45, 7) is 0. The first-order chi connectivity index (χ1) is 5.41. The molecule has 0 atom stereocenters. The number of allylic oxidation sites excluding steroid dienone is 1. The molecular formula is C6H8F3NO2. The maximum atomic E-state index is 11.9. The van der Waals surface area contributed by atoms with Crippen molar-refractivity contribution in [3.05, 3.63) is 11.8 Å². The van der Waals surface area contributed by atoms with E-state index in [-0.39, 0.29) is 0 Å². The van der Waals surface area contributed by atoms with Gasteiger partial charge in [0.2, 0.25) is 0 Å². The zero-order valence-electron chi connectivity index (χ0n) is 6.53. The van der Waals surface area contributed by atoms with E-state index in [2.05, 4.69) is 4.74 Å². The van der Waals surface area contributed by atoms with Crippen LogP contribution in [0.15, 0.2) is 11.8 Å². The Kier molecular flexibility index (Phi) is 3.59. The molecule has 0 rings (SSSR count). The molecule has 0 aromatic carbocycles. The molecule has 0 heterocycles. The third kappa shape index (κ3) is 3.27. The van der Waals surface area contributed by atoms with E-state index in [0.29, 0.717) is 6.08 Å². The second kappa shape index (κ2) is 3.99. The highest BCUT2D eigenvalue weighted by Crippen LogP contribution is 2.22. The van der Waals surface area contributed by atoms with Crippen LogP contribution >= 0.6 is 0 Å². The molecule has 12 heavy (non-hydrogen) atoms. The Morgan fingerprint density at radius 3 is 2.25 bits per heavy atom. The van der Waals surface area contributed by atoms with Gasteiger partial charge in [0.05, 0.1) is 13.2 Å². The lowest BCUT2D eigenvalue weighted by Crippen LogP contribution is -2.24. The van der Waals surface area contributed by atoms with Crippen LogP contribution in [0.3, 0.4) is 0 Å². The lowest BCUT2D eigenvalue weighted by molar-refractivity contribution is -0.136. The van der Waals surface area contributed by atoms with Gasteiger partial charge in [-0.2, -0.15) is 13.2 Å². The van der Waals surface area contributed by atoms with Crippen molar-refractivity contribution in [2.75, 3.05) is 14.2 Å². The molecule has 0 spiro atoms. The van der Waals surface area contributed by atoms with Crippen molar-refractivity contribution in [2.45, 2.75) is 6.18 Å². The van der Waals surface area contributed by atoms with Crippen LogP contribution in [-0.4, -0.2) is 26.3 Å². The van der Waals surface area contributed by atoms with Crippen LogP contribution in [0.5, 0.6) is 0 Å².